The molecule has 5 heteroatoms. The second kappa shape index (κ2) is 2.61. The van der Waals surface area contributed by atoms with Gasteiger partial charge in [-0.1, -0.05) is 0 Å². The number of anilines is 2. The van der Waals surface area contributed by atoms with Crippen LogP contribution in [0.4, 0.5) is 11.4 Å². The summed E-state index contributed by atoms with van der Waals surface area (Å²) in [6.07, 6.45) is 0. The lowest BCUT2D eigenvalue weighted by Crippen LogP contribution is -2.03. The summed E-state index contributed by atoms with van der Waals surface area (Å²) in [4.78, 5) is 10.5. The molecule has 0 aromatic heterocycles. The average molecular weight is 168 g/mol. The van der Waals surface area contributed by atoms with Gasteiger partial charge < -0.3 is 21.7 Å². The van der Waals surface area contributed by atoms with E-state index in [2.05, 4.69) is 0 Å². The Morgan fingerprint density at radius 3 is 2.42 bits per heavy atom. The molecule has 1 rings (SSSR count). The summed E-state index contributed by atoms with van der Waals surface area (Å²) in [5.41, 5.74) is 10.3. The lowest BCUT2D eigenvalue weighted by molar-refractivity contribution is 0.0697. The number of phenolic OH excluding ortho intramolecular Hbond substituents is 1. The van der Waals surface area contributed by atoms with Gasteiger partial charge >= 0.3 is 5.97 Å². The van der Waals surface area contributed by atoms with Gasteiger partial charge in [0, 0.05) is 0 Å². The van der Waals surface area contributed by atoms with Gasteiger partial charge in [0.2, 0.25) is 0 Å². The predicted molar refractivity (Wildman–Crippen MR) is 43.9 cm³/mol. The molecule has 12 heavy (non-hydrogen) atoms. The zero-order chi connectivity index (χ0) is 9.30. The van der Waals surface area contributed by atoms with Crippen LogP contribution in [-0.2, 0) is 0 Å². The first kappa shape index (κ1) is 8.19. The van der Waals surface area contributed by atoms with Crippen LogP contribution in [0.1, 0.15) is 10.4 Å². The van der Waals surface area contributed by atoms with E-state index in [4.69, 9.17) is 21.7 Å². The smallest absolute Gasteiger partial charge is 0.337 e. The standard InChI is InChI=1S/C7H8N2O3/c8-4-2-1-3(7(11)12)5(9)6(4)10/h1-2,10H,8-9H2,(H,11,12). The Balaban J connectivity index is 3.36. The van der Waals surface area contributed by atoms with E-state index in [0.717, 1.165) is 0 Å². The molecular weight excluding hydrogens is 160 g/mol. The zero-order valence-electron chi connectivity index (χ0n) is 6.11. The molecule has 0 radical (unpaired) electrons. The number of carboxylic acid groups (broad SMARTS) is 1. The van der Waals surface area contributed by atoms with Gasteiger partial charge in [0.05, 0.1) is 16.9 Å². The van der Waals surface area contributed by atoms with E-state index < -0.39 is 5.97 Å². The van der Waals surface area contributed by atoms with Crippen molar-refractivity contribution in [2.24, 2.45) is 0 Å². The van der Waals surface area contributed by atoms with Crippen LogP contribution in [0.25, 0.3) is 0 Å². The van der Waals surface area contributed by atoms with Crippen molar-refractivity contribution >= 4 is 17.3 Å². The van der Waals surface area contributed by atoms with E-state index in [0.29, 0.717) is 0 Å². The van der Waals surface area contributed by atoms with Crippen LogP contribution in [-0.4, -0.2) is 16.2 Å². The van der Waals surface area contributed by atoms with E-state index >= 15 is 0 Å². The highest BCUT2D eigenvalue weighted by atomic mass is 16.4. The van der Waals surface area contributed by atoms with Crippen molar-refractivity contribution in [3.63, 3.8) is 0 Å². The van der Waals surface area contributed by atoms with Crippen molar-refractivity contribution < 1.29 is 15.0 Å². The molecule has 0 heterocycles. The van der Waals surface area contributed by atoms with E-state index in [1.165, 1.54) is 12.1 Å². The van der Waals surface area contributed by atoms with Gasteiger partial charge in [-0.3, -0.25) is 0 Å². The number of hydrogen-bond donors (Lipinski definition) is 4. The van der Waals surface area contributed by atoms with Crippen molar-refractivity contribution in [2.75, 3.05) is 11.5 Å². The number of nitrogen functional groups attached to an aromatic ring is 2. The summed E-state index contributed by atoms with van der Waals surface area (Å²) in [5, 5.41) is 17.7. The van der Waals surface area contributed by atoms with Crippen molar-refractivity contribution in [3.8, 4) is 5.75 Å². The van der Waals surface area contributed by atoms with Crippen molar-refractivity contribution in [1.29, 1.82) is 0 Å². The zero-order valence-corrected chi connectivity index (χ0v) is 6.11. The van der Waals surface area contributed by atoms with Gasteiger partial charge in [0.15, 0.2) is 5.75 Å². The summed E-state index contributed by atoms with van der Waals surface area (Å²) in [7, 11) is 0. The summed E-state index contributed by atoms with van der Waals surface area (Å²) >= 11 is 0. The molecule has 0 unspecified atom stereocenters. The number of benzene rings is 1. The molecule has 0 aliphatic rings. The maximum Gasteiger partial charge on any atom is 0.337 e. The first-order chi connectivity index (χ1) is 5.54. The first-order valence-corrected chi connectivity index (χ1v) is 3.14. The topological polar surface area (TPSA) is 110 Å². The molecule has 0 amide bonds. The number of aromatic carboxylic acids is 1. The van der Waals surface area contributed by atoms with Gasteiger partial charge in [0.25, 0.3) is 0 Å². The Bertz CT molecular complexity index is 336. The third-order valence-corrected chi connectivity index (χ3v) is 1.48. The number of rotatable bonds is 1. The SMILES string of the molecule is Nc1ccc(C(=O)O)c(N)c1O. The van der Waals surface area contributed by atoms with Crippen LogP contribution in [0, 0.1) is 0 Å². The molecule has 0 aliphatic heterocycles. The van der Waals surface area contributed by atoms with Gasteiger partial charge in [-0.05, 0) is 12.1 Å². The number of aromatic hydroxyl groups is 1. The highest BCUT2D eigenvalue weighted by molar-refractivity contribution is 5.96. The fourth-order valence-corrected chi connectivity index (χ4v) is 0.811. The van der Waals surface area contributed by atoms with Gasteiger partial charge in [-0.15, -0.1) is 0 Å². The fourth-order valence-electron chi connectivity index (χ4n) is 0.811. The average Bonchev–Trinajstić information content (AvgIpc) is 2.00. The quantitative estimate of drug-likeness (QED) is 0.355. The van der Waals surface area contributed by atoms with Crippen LogP contribution in [0.15, 0.2) is 12.1 Å². The second-order valence-corrected chi connectivity index (χ2v) is 2.27. The third kappa shape index (κ3) is 1.12. The van der Waals surface area contributed by atoms with E-state index in [9.17, 15) is 4.79 Å². The lowest BCUT2D eigenvalue weighted by atomic mass is 10.1. The van der Waals surface area contributed by atoms with Crippen molar-refractivity contribution in [2.45, 2.75) is 0 Å². The van der Waals surface area contributed by atoms with Crippen LogP contribution in [0.3, 0.4) is 0 Å². The number of phenols is 1. The molecule has 64 valence electrons. The first-order valence-electron chi connectivity index (χ1n) is 3.14. The largest absolute Gasteiger partial charge is 0.504 e. The molecule has 0 atom stereocenters. The van der Waals surface area contributed by atoms with E-state index in [1.807, 2.05) is 0 Å². The van der Waals surface area contributed by atoms with Crippen LogP contribution >= 0.6 is 0 Å². The summed E-state index contributed by atoms with van der Waals surface area (Å²) < 4.78 is 0. The Kier molecular flexibility index (Phi) is 1.78. The van der Waals surface area contributed by atoms with Gasteiger partial charge in [-0.25, -0.2) is 4.79 Å². The number of carboxylic acids is 1. The number of nitrogens with two attached hydrogens (primary N) is 2. The molecule has 0 saturated heterocycles. The summed E-state index contributed by atoms with van der Waals surface area (Å²) in [5.74, 6) is -1.57. The lowest BCUT2D eigenvalue weighted by Gasteiger charge is -2.04. The summed E-state index contributed by atoms with van der Waals surface area (Å²) in [6.45, 7) is 0. The number of hydrogen-bond acceptors (Lipinski definition) is 4. The molecule has 0 spiro atoms. The molecule has 0 fully saturated rings. The van der Waals surface area contributed by atoms with E-state index in [1.54, 1.807) is 0 Å². The minimum absolute atomic E-state index is 0.0671. The normalized spacial score (nSPS) is 9.67. The Hall–Kier alpha value is -1.91. The number of carbonyl (C=O) groups is 1. The highest BCUT2D eigenvalue weighted by Gasteiger charge is 2.12. The molecule has 0 bridgehead atoms. The highest BCUT2D eigenvalue weighted by Crippen LogP contribution is 2.30. The monoisotopic (exact) mass is 168 g/mol. The minimum Gasteiger partial charge on any atom is -0.504 e. The fraction of sp³-hybridized carbons (Fsp3) is 0. The molecule has 0 aliphatic carbocycles. The predicted octanol–water partition coefficient (Wildman–Crippen LogP) is 0.255. The van der Waals surface area contributed by atoms with Crippen LogP contribution in [0.5, 0.6) is 5.75 Å². The van der Waals surface area contributed by atoms with Crippen LogP contribution < -0.4 is 11.5 Å². The third-order valence-electron chi connectivity index (χ3n) is 1.48. The maximum atomic E-state index is 10.5. The van der Waals surface area contributed by atoms with Crippen molar-refractivity contribution in [1.82, 2.24) is 0 Å². The Morgan fingerprint density at radius 2 is 1.92 bits per heavy atom. The van der Waals surface area contributed by atoms with E-state index in [-0.39, 0.29) is 22.7 Å². The molecular formula is C7H8N2O3. The second-order valence-electron chi connectivity index (χ2n) is 2.27. The Morgan fingerprint density at radius 1 is 1.33 bits per heavy atom. The summed E-state index contributed by atoms with van der Waals surface area (Å²) in [6, 6.07) is 2.53. The van der Waals surface area contributed by atoms with Crippen LogP contribution in [0.2, 0.25) is 0 Å². The molecule has 0 saturated carbocycles. The van der Waals surface area contributed by atoms with Gasteiger partial charge in [0.1, 0.15) is 0 Å². The minimum atomic E-state index is -1.19. The van der Waals surface area contributed by atoms with Crippen molar-refractivity contribution in [3.05, 3.63) is 17.7 Å². The molecule has 1 aromatic carbocycles. The molecule has 6 N–H and O–H groups in total. The molecule has 5 nitrogen and oxygen atoms in total. The molecule has 1 aromatic rings. The van der Waals surface area contributed by atoms with Gasteiger partial charge in [-0.2, -0.15) is 0 Å². The Labute approximate surface area is 68.2 Å². The maximum absolute atomic E-state index is 10.5.